The summed E-state index contributed by atoms with van der Waals surface area (Å²) in [5.74, 6) is 5.85. The van der Waals surface area contributed by atoms with Gasteiger partial charge in [-0.3, -0.25) is 0 Å². The van der Waals surface area contributed by atoms with E-state index in [1.165, 1.54) is 25.7 Å². The van der Waals surface area contributed by atoms with Crippen molar-refractivity contribution in [1.82, 2.24) is 0 Å². The highest BCUT2D eigenvalue weighted by atomic mass is 16.3. The topological polar surface area (TPSA) is 20.2 Å². The normalized spacial score (nSPS) is 46.1. The molecule has 0 saturated heterocycles. The Balaban J connectivity index is 1.79. The second kappa shape index (κ2) is 2.75. The Kier molecular flexibility index (Phi) is 1.81. The van der Waals surface area contributed by atoms with E-state index in [1.807, 2.05) is 0 Å². The smallest absolute Gasteiger partial charge is 0.0459 e. The lowest BCUT2D eigenvalue weighted by Gasteiger charge is -2.61. The van der Waals surface area contributed by atoms with Crippen LogP contribution < -0.4 is 0 Å². The first-order chi connectivity index (χ1) is 6.63. The molecule has 0 heterocycles. The number of aliphatic hydroxyl groups is 1. The molecule has 4 aliphatic carbocycles. The minimum absolute atomic E-state index is 0.394. The molecule has 3 unspecified atom stereocenters. The third-order valence-corrected chi connectivity index (χ3v) is 5.14. The first-order valence-corrected chi connectivity index (χ1v) is 5.94. The molecule has 78 valence electrons. The maximum Gasteiger partial charge on any atom is 0.0459 e. The van der Waals surface area contributed by atoms with Gasteiger partial charge < -0.3 is 5.11 Å². The summed E-state index contributed by atoms with van der Waals surface area (Å²) in [6.45, 7) is 5.26. The van der Waals surface area contributed by atoms with Crippen LogP contribution in [0.15, 0.2) is 0 Å². The molecule has 1 nitrogen and oxygen atoms in total. The van der Waals surface area contributed by atoms with Crippen LogP contribution in [-0.4, -0.2) is 11.7 Å². The number of hydrogen-bond donors (Lipinski definition) is 1. The molecule has 4 aliphatic rings. The van der Waals surface area contributed by atoms with Crippen LogP contribution in [0.25, 0.3) is 0 Å². The van der Waals surface area contributed by atoms with Crippen LogP contribution in [0.1, 0.15) is 39.5 Å². The molecule has 0 aromatic carbocycles. The Bertz CT molecular complexity index is 246. The molecule has 1 N–H and O–H groups in total. The van der Waals surface area contributed by atoms with Crippen LogP contribution in [0.2, 0.25) is 0 Å². The molecule has 0 aliphatic heterocycles. The first-order valence-electron chi connectivity index (χ1n) is 5.94. The van der Waals surface area contributed by atoms with Gasteiger partial charge in [0.05, 0.1) is 0 Å². The van der Waals surface area contributed by atoms with Crippen LogP contribution in [0.5, 0.6) is 0 Å². The molecule has 0 spiro atoms. The molecular weight excluding hydrogens is 172 g/mol. The van der Waals surface area contributed by atoms with Crippen molar-refractivity contribution in [1.29, 1.82) is 0 Å². The molecule has 4 rings (SSSR count). The molecule has 14 heavy (non-hydrogen) atoms. The number of aliphatic hydroxyl groups excluding tert-OH is 1. The summed E-state index contributed by atoms with van der Waals surface area (Å²) in [7, 11) is 0. The van der Waals surface area contributed by atoms with Crippen LogP contribution in [0.3, 0.4) is 0 Å². The summed E-state index contributed by atoms with van der Waals surface area (Å²) in [5.41, 5.74) is 0.573. The predicted octanol–water partition coefficient (Wildman–Crippen LogP) is 2.60. The summed E-state index contributed by atoms with van der Waals surface area (Å²) in [4.78, 5) is 0. The zero-order valence-corrected chi connectivity index (χ0v) is 9.21. The second-order valence-corrected chi connectivity index (χ2v) is 6.10. The van der Waals surface area contributed by atoms with Gasteiger partial charge >= 0.3 is 0 Å². The van der Waals surface area contributed by atoms with Crippen LogP contribution in [-0.2, 0) is 0 Å². The molecule has 0 amide bonds. The number of hydrogen-bond acceptors (Lipinski definition) is 1. The van der Waals surface area contributed by atoms with Gasteiger partial charge in [-0.15, -0.1) is 0 Å². The zero-order valence-electron chi connectivity index (χ0n) is 9.21. The summed E-state index contributed by atoms with van der Waals surface area (Å²) in [5, 5.41) is 9.22. The van der Waals surface area contributed by atoms with Gasteiger partial charge in [0.2, 0.25) is 0 Å². The summed E-state index contributed by atoms with van der Waals surface area (Å²) < 4.78 is 0. The van der Waals surface area contributed by atoms with Gasteiger partial charge in [-0.05, 0) is 60.7 Å². The summed E-state index contributed by atoms with van der Waals surface area (Å²) in [6.07, 6.45) is 5.18. The van der Waals surface area contributed by atoms with Crippen molar-refractivity contribution in [3.8, 4) is 0 Å². The van der Waals surface area contributed by atoms with Crippen LogP contribution >= 0.6 is 0 Å². The third-order valence-electron chi connectivity index (χ3n) is 5.14. The van der Waals surface area contributed by atoms with Crippen molar-refractivity contribution < 1.29 is 5.11 Å². The second-order valence-electron chi connectivity index (χ2n) is 6.10. The highest BCUT2D eigenvalue weighted by molar-refractivity contribution is 5.35. The highest BCUT2D eigenvalue weighted by Crippen LogP contribution is 2.68. The molecule has 2 radical (unpaired) electrons. The predicted molar refractivity (Wildman–Crippen MR) is 56.3 cm³/mol. The van der Waals surface area contributed by atoms with Crippen LogP contribution in [0.4, 0.5) is 0 Å². The lowest BCUT2D eigenvalue weighted by atomic mass is 9.44. The SMILES string of the molecule is CC1(C)C2C[C]3CC(CO)C[C]3C1C2. The van der Waals surface area contributed by atoms with Crippen molar-refractivity contribution in [2.45, 2.75) is 39.5 Å². The maximum atomic E-state index is 9.22. The zero-order chi connectivity index (χ0) is 9.92. The Morgan fingerprint density at radius 1 is 1.29 bits per heavy atom. The fraction of sp³-hybridized carbons (Fsp3) is 0.846. The van der Waals surface area contributed by atoms with Crippen molar-refractivity contribution in [2.75, 3.05) is 6.61 Å². The largest absolute Gasteiger partial charge is 0.396 e. The first kappa shape index (κ1) is 9.21. The van der Waals surface area contributed by atoms with Gasteiger partial charge in [-0.1, -0.05) is 13.8 Å². The standard InChI is InChI=1S/C13H20O/c1-13(2)10-5-9-3-8(7-14)4-11(9)12(13)6-10/h8,10,12,14H,3-7H2,1-2H3. The summed E-state index contributed by atoms with van der Waals surface area (Å²) >= 11 is 0. The Morgan fingerprint density at radius 3 is 2.71 bits per heavy atom. The minimum Gasteiger partial charge on any atom is -0.396 e. The van der Waals surface area contributed by atoms with Crippen LogP contribution in [0, 0.1) is 35.0 Å². The van der Waals surface area contributed by atoms with E-state index in [-0.39, 0.29) is 0 Å². The van der Waals surface area contributed by atoms with Gasteiger partial charge in [0.15, 0.2) is 0 Å². The Morgan fingerprint density at radius 2 is 2.07 bits per heavy atom. The van der Waals surface area contributed by atoms with Gasteiger partial charge in [0, 0.05) is 6.61 Å². The van der Waals surface area contributed by atoms with Crippen molar-refractivity contribution in [3.63, 3.8) is 0 Å². The molecule has 2 bridgehead atoms. The van der Waals surface area contributed by atoms with E-state index in [4.69, 9.17) is 0 Å². The van der Waals surface area contributed by atoms with E-state index < -0.39 is 0 Å². The van der Waals surface area contributed by atoms with Crippen molar-refractivity contribution in [2.24, 2.45) is 23.2 Å². The minimum atomic E-state index is 0.394. The average molecular weight is 192 g/mol. The molecule has 3 atom stereocenters. The van der Waals surface area contributed by atoms with Gasteiger partial charge in [-0.2, -0.15) is 0 Å². The molecular formula is C13H20O. The summed E-state index contributed by atoms with van der Waals surface area (Å²) in [6, 6.07) is 0. The van der Waals surface area contributed by atoms with E-state index >= 15 is 0 Å². The number of rotatable bonds is 1. The quantitative estimate of drug-likeness (QED) is 0.677. The molecule has 0 aromatic rings. The average Bonchev–Trinajstić information content (AvgIpc) is 2.59. The lowest BCUT2D eigenvalue weighted by molar-refractivity contribution is -0.0375. The fourth-order valence-corrected chi connectivity index (χ4v) is 3.99. The van der Waals surface area contributed by atoms with E-state index in [9.17, 15) is 5.11 Å². The van der Waals surface area contributed by atoms with E-state index in [2.05, 4.69) is 13.8 Å². The van der Waals surface area contributed by atoms with Crippen molar-refractivity contribution >= 4 is 0 Å². The molecule has 4 fully saturated rings. The van der Waals surface area contributed by atoms with Gasteiger partial charge in [-0.25, -0.2) is 0 Å². The Hall–Kier alpha value is -0.0400. The van der Waals surface area contributed by atoms with Crippen molar-refractivity contribution in [3.05, 3.63) is 11.8 Å². The maximum absolute atomic E-state index is 9.22. The Labute approximate surface area is 86.9 Å². The molecule has 0 aromatic heterocycles. The van der Waals surface area contributed by atoms with E-state index in [0.29, 0.717) is 17.9 Å². The van der Waals surface area contributed by atoms with Gasteiger partial charge in [0.1, 0.15) is 0 Å². The van der Waals surface area contributed by atoms with E-state index in [0.717, 1.165) is 11.8 Å². The third kappa shape index (κ3) is 0.997. The molecule has 1 heteroatoms. The lowest BCUT2D eigenvalue weighted by Crippen LogP contribution is -2.53. The highest BCUT2D eigenvalue weighted by Gasteiger charge is 2.59. The molecule has 4 saturated carbocycles. The monoisotopic (exact) mass is 192 g/mol. The van der Waals surface area contributed by atoms with E-state index in [1.54, 1.807) is 11.8 Å². The fourth-order valence-electron chi connectivity index (χ4n) is 3.99. The van der Waals surface area contributed by atoms with Gasteiger partial charge in [0.25, 0.3) is 0 Å².